The van der Waals surface area contributed by atoms with Gasteiger partial charge in [-0.1, -0.05) is 0 Å². The van der Waals surface area contributed by atoms with Crippen molar-refractivity contribution >= 4 is 11.6 Å². The molecule has 0 aliphatic heterocycles. The maximum atomic E-state index is 10.5. The fraction of sp³-hybridized carbons (Fsp3) is 0.143. The highest BCUT2D eigenvalue weighted by molar-refractivity contribution is 5.88. The summed E-state index contributed by atoms with van der Waals surface area (Å²) in [6, 6.07) is 3.47. The minimum Gasteiger partial charge on any atom is -0.324 e. The van der Waals surface area contributed by atoms with Crippen LogP contribution in [0.15, 0.2) is 18.3 Å². The van der Waals surface area contributed by atoms with Crippen molar-refractivity contribution in [3.63, 3.8) is 0 Å². The van der Waals surface area contributed by atoms with Crippen molar-refractivity contribution in [1.29, 1.82) is 0 Å². The molecule has 1 rings (SSSR count). The van der Waals surface area contributed by atoms with Crippen molar-refractivity contribution in [2.75, 3.05) is 5.32 Å². The first-order valence-corrected chi connectivity index (χ1v) is 2.89. The van der Waals surface area contributed by atoms with Crippen LogP contribution in [0.5, 0.6) is 0 Å². The molecule has 0 aliphatic carbocycles. The normalized spacial score (nSPS) is 8.90. The summed E-state index contributed by atoms with van der Waals surface area (Å²) in [6.07, 6.45) is 4.22. The molecule has 0 saturated heterocycles. The van der Waals surface area contributed by atoms with Gasteiger partial charge in [0.25, 0.3) is 0 Å². The zero-order chi connectivity index (χ0) is 7.40. The Balaban J connectivity index is 2.67. The summed E-state index contributed by atoms with van der Waals surface area (Å²) >= 11 is 0. The average molecular weight is 135 g/mol. The van der Waals surface area contributed by atoms with Crippen LogP contribution in [0, 0.1) is 6.20 Å². The summed E-state index contributed by atoms with van der Waals surface area (Å²) in [6.45, 7) is 1.45. The van der Waals surface area contributed by atoms with Gasteiger partial charge in [0.1, 0.15) is 6.20 Å². The van der Waals surface area contributed by atoms with E-state index in [9.17, 15) is 4.79 Å². The van der Waals surface area contributed by atoms with Crippen molar-refractivity contribution < 1.29 is 4.79 Å². The van der Waals surface area contributed by atoms with E-state index in [2.05, 4.69) is 16.5 Å². The molecule has 51 valence electrons. The molecular weight excluding hydrogens is 128 g/mol. The fourth-order valence-corrected chi connectivity index (χ4v) is 0.586. The SMILES string of the molecule is CC(=O)Nc1[c]nccc1. The standard InChI is InChI=1S/C7H7N2O/c1-6(10)9-7-3-2-4-8-5-7/h2-4H,1H3,(H,9,10). The largest absolute Gasteiger partial charge is 0.324 e. The summed E-state index contributed by atoms with van der Waals surface area (Å²) < 4.78 is 0. The summed E-state index contributed by atoms with van der Waals surface area (Å²) in [7, 11) is 0. The molecule has 1 heterocycles. The van der Waals surface area contributed by atoms with Crippen LogP contribution in [-0.2, 0) is 4.79 Å². The Morgan fingerprint density at radius 2 is 2.60 bits per heavy atom. The molecule has 3 heteroatoms. The van der Waals surface area contributed by atoms with Gasteiger partial charge in [-0.2, -0.15) is 0 Å². The number of nitrogens with zero attached hydrogens (tertiary/aromatic N) is 1. The van der Waals surface area contributed by atoms with Gasteiger partial charge in [0, 0.05) is 13.1 Å². The molecule has 1 radical (unpaired) electrons. The number of carbonyl (C=O) groups excluding carboxylic acids is 1. The first kappa shape index (κ1) is 6.74. The van der Waals surface area contributed by atoms with Gasteiger partial charge in [-0.25, -0.2) is 0 Å². The minimum absolute atomic E-state index is 0.107. The van der Waals surface area contributed by atoms with Crippen LogP contribution in [-0.4, -0.2) is 10.9 Å². The Morgan fingerprint density at radius 3 is 3.10 bits per heavy atom. The molecule has 0 unspecified atom stereocenters. The zero-order valence-electron chi connectivity index (χ0n) is 5.59. The van der Waals surface area contributed by atoms with E-state index in [0.29, 0.717) is 5.69 Å². The second kappa shape index (κ2) is 2.96. The molecule has 0 atom stereocenters. The van der Waals surface area contributed by atoms with Gasteiger partial charge in [-0.3, -0.25) is 9.78 Å². The molecule has 1 amide bonds. The summed E-state index contributed by atoms with van der Waals surface area (Å²) in [5.74, 6) is -0.107. The third-order valence-electron chi connectivity index (χ3n) is 0.919. The highest BCUT2D eigenvalue weighted by Gasteiger charge is 1.91. The first-order chi connectivity index (χ1) is 4.79. The van der Waals surface area contributed by atoms with Crippen molar-refractivity contribution in [2.45, 2.75) is 6.92 Å². The van der Waals surface area contributed by atoms with Gasteiger partial charge in [0.05, 0.1) is 5.69 Å². The van der Waals surface area contributed by atoms with Crippen LogP contribution in [0.2, 0.25) is 0 Å². The summed E-state index contributed by atoms with van der Waals surface area (Å²) in [5.41, 5.74) is 0.606. The van der Waals surface area contributed by atoms with E-state index in [1.165, 1.54) is 6.92 Å². The topological polar surface area (TPSA) is 42.0 Å². The third kappa shape index (κ3) is 1.85. The third-order valence-corrected chi connectivity index (χ3v) is 0.919. The molecule has 3 nitrogen and oxygen atoms in total. The van der Waals surface area contributed by atoms with Gasteiger partial charge in [0.2, 0.25) is 5.91 Å². The molecule has 0 fully saturated rings. The van der Waals surface area contributed by atoms with Gasteiger partial charge < -0.3 is 5.32 Å². The van der Waals surface area contributed by atoms with Crippen LogP contribution in [0.4, 0.5) is 5.69 Å². The average Bonchev–Trinajstić information content (AvgIpc) is 1.88. The molecular formula is C7H7N2O. The van der Waals surface area contributed by atoms with E-state index >= 15 is 0 Å². The van der Waals surface area contributed by atoms with Crippen molar-refractivity contribution in [1.82, 2.24) is 4.98 Å². The number of amides is 1. The van der Waals surface area contributed by atoms with E-state index in [-0.39, 0.29) is 5.91 Å². The second-order valence-corrected chi connectivity index (χ2v) is 1.84. The number of aromatic nitrogens is 1. The number of nitrogens with one attached hydrogen (secondary N) is 1. The quantitative estimate of drug-likeness (QED) is 0.620. The molecule has 0 aliphatic rings. The predicted octanol–water partition coefficient (Wildman–Crippen LogP) is 0.840. The zero-order valence-corrected chi connectivity index (χ0v) is 5.59. The highest BCUT2D eigenvalue weighted by atomic mass is 16.1. The Morgan fingerprint density at radius 1 is 1.80 bits per heavy atom. The van der Waals surface area contributed by atoms with Crippen LogP contribution >= 0.6 is 0 Å². The Labute approximate surface area is 59.1 Å². The molecule has 0 bridgehead atoms. The number of hydrogen-bond donors (Lipinski definition) is 1. The van der Waals surface area contributed by atoms with Crippen molar-refractivity contribution in [3.8, 4) is 0 Å². The van der Waals surface area contributed by atoms with Gasteiger partial charge in [0.15, 0.2) is 0 Å². The van der Waals surface area contributed by atoms with Crippen LogP contribution in [0.1, 0.15) is 6.92 Å². The Bertz CT molecular complexity index is 220. The van der Waals surface area contributed by atoms with Gasteiger partial charge in [-0.15, -0.1) is 0 Å². The van der Waals surface area contributed by atoms with Crippen molar-refractivity contribution in [3.05, 3.63) is 24.5 Å². The van der Waals surface area contributed by atoms with E-state index in [1.54, 1.807) is 18.3 Å². The monoisotopic (exact) mass is 135 g/mol. The van der Waals surface area contributed by atoms with Crippen LogP contribution in [0.3, 0.4) is 0 Å². The van der Waals surface area contributed by atoms with Crippen molar-refractivity contribution in [2.24, 2.45) is 0 Å². The first-order valence-electron chi connectivity index (χ1n) is 2.89. The smallest absolute Gasteiger partial charge is 0.221 e. The number of carbonyl (C=O) groups is 1. The lowest BCUT2D eigenvalue weighted by Gasteiger charge is -1.96. The van der Waals surface area contributed by atoms with Crippen LogP contribution in [0.25, 0.3) is 0 Å². The maximum Gasteiger partial charge on any atom is 0.221 e. The predicted molar refractivity (Wildman–Crippen MR) is 37.4 cm³/mol. The number of hydrogen-bond acceptors (Lipinski definition) is 2. The number of pyridine rings is 1. The molecule has 1 N–H and O–H groups in total. The highest BCUT2D eigenvalue weighted by Crippen LogP contribution is 1.99. The van der Waals surface area contributed by atoms with E-state index in [0.717, 1.165) is 0 Å². The van der Waals surface area contributed by atoms with E-state index in [1.807, 2.05) is 0 Å². The minimum atomic E-state index is -0.107. The van der Waals surface area contributed by atoms with Crippen LogP contribution < -0.4 is 5.32 Å². The molecule has 1 aromatic heterocycles. The second-order valence-electron chi connectivity index (χ2n) is 1.84. The maximum absolute atomic E-state index is 10.5. The lowest BCUT2D eigenvalue weighted by Crippen LogP contribution is -2.05. The molecule has 0 spiro atoms. The van der Waals surface area contributed by atoms with Gasteiger partial charge in [-0.05, 0) is 12.1 Å². The molecule has 1 aromatic rings. The van der Waals surface area contributed by atoms with Gasteiger partial charge >= 0.3 is 0 Å². The lowest BCUT2D eigenvalue weighted by molar-refractivity contribution is -0.114. The van der Waals surface area contributed by atoms with E-state index < -0.39 is 0 Å². The Hall–Kier alpha value is -1.38. The molecule has 0 saturated carbocycles. The fourth-order valence-electron chi connectivity index (χ4n) is 0.586. The number of rotatable bonds is 1. The Kier molecular flexibility index (Phi) is 1.99. The number of anilines is 1. The summed E-state index contributed by atoms with van der Waals surface area (Å²) in [4.78, 5) is 14.2. The summed E-state index contributed by atoms with van der Waals surface area (Å²) in [5, 5.41) is 2.55. The molecule has 10 heavy (non-hydrogen) atoms. The molecule has 0 aromatic carbocycles. The van der Waals surface area contributed by atoms with E-state index in [4.69, 9.17) is 0 Å². The lowest BCUT2D eigenvalue weighted by atomic mass is 10.4.